The van der Waals surface area contributed by atoms with E-state index >= 15 is 0 Å². The lowest BCUT2D eigenvalue weighted by Crippen LogP contribution is -2.34. The van der Waals surface area contributed by atoms with Gasteiger partial charge < -0.3 is 9.88 Å². The first-order valence-electron chi connectivity index (χ1n) is 6.89. The minimum absolute atomic E-state index is 0.415. The molecule has 4 nitrogen and oxygen atoms in total. The summed E-state index contributed by atoms with van der Waals surface area (Å²) in [6.45, 7) is 0. The zero-order chi connectivity index (χ0) is 19.4. The molecular weight excluding hydrogens is 393 g/mol. The van der Waals surface area contributed by atoms with Crippen LogP contribution in [0.2, 0.25) is 5.02 Å². The minimum Gasteiger partial charge on any atom is -0.345 e. The number of alkyl halides is 6. The first-order chi connectivity index (χ1) is 11.9. The van der Waals surface area contributed by atoms with Gasteiger partial charge in [-0.2, -0.15) is 26.3 Å². The van der Waals surface area contributed by atoms with Gasteiger partial charge >= 0.3 is 12.4 Å². The molecule has 1 aromatic carbocycles. The van der Waals surface area contributed by atoms with E-state index in [9.17, 15) is 30.7 Å². The summed E-state index contributed by atoms with van der Waals surface area (Å²) in [7, 11) is 1.00. The Hall–Kier alpha value is -2.30. The van der Waals surface area contributed by atoms with Gasteiger partial charge in [-0.05, 0) is 12.1 Å². The van der Waals surface area contributed by atoms with E-state index in [4.69, 9.17) is 11.6 Å². The number of nitrogens with zero attached hydrogens (tertiary/aromatic N) is 3. The average molecular weight is 401 g/mol. The van der Waals surface area contributed by atoms with Gasteiger partial charge in [0, 0.05) is 13.3 Å². The van der Waals surface area contributed by atoms with E-state index in [0.717, 1.165) is 13.3 Å². The second-order valence-corrected chi connectivity index (χ2v) is 5.80. The number of nitrogens with one attached hydrogen (secondary N) is 1. The van der Waals surface area contributed by atoms with Gasteiger partial charge in [0.1, 0.15) is 17.0 Å². The number of aromatic amines is 1. The van der Waals surface area contributed by atoms with E-state index in [-0.39, 0.29) is 0 Å². The number of rotatable bonds is 1. The molecule has 0 bridgehead atoms. The Morgan fingerprint density at radius 3 is 2.38 bits per heavy atom. The molecule has 1 atom stereocenters. The van der Waals surface area contributed by atoms with Crippen LogP contribution in [0.15, 0.2) is 22.8 Å². The van der Waals surface area contributed by atoms with Crippen molar-refractivity contribution in [2.45, 2.75) is 18.5 Å². The van der Waals surface area contributed by atoms with Gasteiger partial charge in [0.05, 0.1) is 16.1 Å². The summed E-state index contributed by atoms with van der Waals surface area (Å²) < 4.78 is 92.3. The smallest absolute Gasteiger partial charge is 0.345 e. The zero-order valence-electron chi connectivity index (χ0n) is 12.7. The maximum absolute atomic E-state index is 14.5. The Morgan fingerprint density at radius 1 is 1.15 bits per heavy atom. The number of halogens is 8. The first kappa shape index (κ1) is 18.5. The molecule has 12 heteroatoms. The van der Waals surface area contributed by atoms with Crippen LogP contribution < -0.4 is 0 Å². The van der Waals surface area contributed by atoms with Crippen molar-refractivity contribution in [1.29, 1.82) is 0 Å². The van der Waals surface area contributed by atoms with Gasteiger partial charge in [0.25, 0.3) is 0 Å². The molecule has 0 saturated carbocycles. The predicted octanol–water partition coefficient (Wildman–Crippen LogP) is 4.84. The molecular formula is C14H8ClF7N4. The van der Waals surface area contributed by atoms with Crippen LogP contribution in [0.3, 0.4) is 0 Å². The van der Waals surface area contributed by atoms with Gasteiger partial charge in [-0.25, -0.2) is 9.37 Å². The van der Waals surface area contributed by atoms with Gasteiger partial charge in [-0.15, -0.1) is 0 Å². The van der Waals surface area contributed by atoms with Crippen LogP contribution in [0.1, 0.15) is 17.6 Å². The maximum atomic E-state index is 14.5. The second kappa shape index (κ2) is 5.86. The molecule has 2 aromatic rings. The van der Waals surface area contributed by atoms with E-state index in [1.165, 1.54) is 0 Å². The molecule has 1 N–H and O–H groups in total. The first-order valence-corrected chi connectivity index (χ1v) is 7.27. The summed E-state index contributed by atoms with van der Waals surface area (Å²) in [4.78, 5) is 9.56. The highest BCUT2D eigenvalue weighted by atomic mass is 35.5. The van der Waals surface area contributed by atoms with Crippen molar-refractivity contribution >= 4 is 28.8 Å². The Morgan fingerprint density at radius 2 is 1.81 bits per heavy atom. The third-order valence-corrected chi connectivity index (χ3v) is 4.02. The number of fused-ring (bicyclic) bond motifs is 1. The van der Waals surface area contributed by atoms with Crippen LogP contribution >= 0.6 is 11.6 Å². The molecule has 2 heterocycles. The quantitative estimate of drug-likeness (QED) is 0.696. The minimum atomic E-state index is -4.88. The molecule has 0 radical (unpaired) electrons. The van der Waals surface area contributed by atoms with Crippen molar-refractivity contribution in [2.24, 2.45) is 4.99 Å². The van der Waals surface area contributed by atoms with Crippen LogP contribution in [0.25, 0.3) is 11.0 Å². The van der Waals surface area contributed by atoms with Gasteiger partial charge in [-0.3, -0.25) is 4.99 Å². The van der Waals surface area contributed by atoms with Crippen molar-refractivity contribution in [3.05, 3.63) is 40.1 Å². The highest BCUT2D eigenvalue weighted by Gasteiger charge is 2.42. The number of H-pyrrole nitrogens is 1. The van der Waals surface area contributed by atoms with Crippen molar-refractivity contribution in [3.63, 3.8) is 0 Å². The highest BCUT2D eigenvalue weighted by molar-refractivity contribution is 6.35. The summed E-state index contributed by atoms with van der Waals surface area (Å²) in [5.41, 5.74) is -2.54. The van der Waals surface area contributed by atoms with E-state index in [1.807, 2.05) is 4.98 Å². The predicted molar refractivity (Wildman–Crippen MR) is 79.2 cm³/mol. The summed E-state index contributed by atoms with van der Waals surface area (Å²) in [6.07, 6.45) is -9.70. The van der Waals surface area contributed by atoms with E-state index in [2.05, 4.69) is 9.98 Å². The largest absolute Gasteiger partial charge is 0.449 e. The topological polar surface area (TPSA) is 44.3 Å². The van der Waals surface area contributed by atoms with Crippen LogP contribution in [-0.4, -0.2) is 34.3 Å². The van der Waals surface area contributed by atoms with Crippen molar-refractivity contribution in [1.82, 2.24) is 14.9 Å². The number of imidazole rings is 1. The number of aromatic nitrogens is 2. The molecule has 26 heavy (non-hydrogen) atoms. The normalized spacial score (nSPS) is 18.6. The highest BCUT2D eigenvalue weighted by Crippen LogP contribution is 2.41. The molecule has 3 rings (SSSR count). The zero-order valence-corrected chi connectivity index (χ0v) is 13.4. The lowest BCUT2D eigenvalue weighted by Gasteiger charge is -2.32. The summed E-state index contributed by atoms with van der Waals surface area (Å²) in [5.74, 6) is -2.56. The fourth-order valence-corrected chi connectivity index (χ4v) is 2.84. The number of benzene rings is 1. The fraction of sp³-hybridized carbons (Fsp3) is 0.286. The Kier molecular flexibility index (Phi) is 4.17. The lowest BCUT2D eigenvalue weighted by atomic mass is 10.1. The van der Waals surface area contributed by atoms with Crippen LogP contribution in [0.5, 0.6) is 0 Å². The standard InChI is InChI=1S/C14H8ClF7N4/c1-26-7(13(17,18)19)2-3-23-11(26)8-6(16)4-5(15)9-10(8)25-12(24-9)14(20,21)22/h2-4,11H,1H3,(H,24,25). The van der Waals surface area contributed by atoms with Crippen LogP contribution in [0.4, 0.5) is 30.7 Å². The molecule has 1 aliphatic rings. The molecule has 0 fully saturated rings. The number of hydrogen-bond donors (Lipinski definition) is 1. The molecule has 0 spiro atoms. The molecule has 0 amide bonds. The number of allylic oxidation sites excluding steroid dienone is 2. The van der Waals surface area contributed by atoms with Gasteiger partial charge in [0.2, 0.25) is 5.82 Å². The fourth-order valence-electron chi connectivity index (χ4n) is 2.61. The molecule has 1 aliphatic heterocycles. The molecule has 0 saturated heterocycles. The molecule has 140 valence electrons. The van der Waals surface area contributed by atoms with Crippen molar-refractivity contribution in [3.8, 4) is 0 Å². The SMILES string of the molecule is CN1C(C(F)(F)F)=CC=NC1c1c(F)cc(Cl)c2nc(C(F)(F)F)[nH]c12. The average Bonchev–Trinajstić information content (AvgIpc) is 2.93. The molecule has 1 aromatic heterocycles. The summed E-state index contributed by atoms with van der Waals surface area (Å²) in [6, 6.07) is 0.690. The number of hydrogen-bond acceptors (Lipinski definition) is 3. The Bertz CT molecular complexity index is 926. The Labute approximate surface area is 146 Å². The van der Waals surface area contributed by atoms with Crippen LogP contribution in [0, 0.1) is 5.82 Å². The Balaban J connectivity index is 2.21. The van der Waals surface area contributed by atoms with E-state index in [0.29, 0.717) is 17.0 Å². The van der Waals surface area contributed by atoms with Crippen molar-refractivity contribution < 1.29 is 30.7 Å². The maximum Gasteiger partial charge on any atom is 0.449 e. The monoisotopic (exact) mass is 400 g/mol. The van der Waals surface area contributed by atoms with E-state index < -0.39 is 57.5 Å². The van der Waals surface area contributed by atoms with Crippen LogP contribution in [-0.2, 0) is 6.18 Å². The van der Waals surface area contributed by atoms with Crippen molar-refractivity contribution in [2.75, 3.05) is 7.05 Å². The lowest BCUT2D eigenvalue weighted by molar-refractivity contribution is -0.144. The second-order valence-electron chi connectivity index (χ2n) is 5.39. The molecule has 0 aliphatic carbocycles. The third-order valence-electron chi connectivity index (χ3n) is 3.73. The third kappa shape index (κ3) is 3.00. The molecule has 1 unspecified atom stereocenters. The summed E-state index contributed by atoms with van der Waals surface area (Å²) >= 11 is 5.74. The summed E-state index contributed by atoms with van der Waals surface area (Å²) in [5, 5.41) is -0.415. The number of aliphatic imine (C=N–C) groups is 1. The van der Waals surface area contributed by atoms with Gasteiger partial charge in [0.15, 0.2) is 6.17 Å². The van der Waals surface area contributed by atoms with Gasteiger partial charge in [-0.1, -0.05) is 11.6 Å². The van der Waals surface area contributed by atoms with E-state index in [1.54, 1.807) is 0 Å².